The Bertz CT molecular complexity index is 328. The molecule has 1 aromatic rings. The molecule has 1 amide bonds. The van der Waals surface area contributed by atoms with Gasteiger partial charge in [0.25, 0.3) is 0 Å². The first kappa shape index (κ1) is 11.0. The number of carbonyl (C=O) groups is 1. The largest absolute Gasteiger partial charge is 0.374 e. The van der Waals surface area contributed by atoms with Crippen molar-refractivity contribution >= 4 is 27.5 Å². The van der Waals surface area contributed by atoms with Crippen molar-refractivity contribution in [3.8, 4) is 0 Å². The van der Waals surface area contributed by atoms with Gasteiger partial charge in [-0.15, -0.1) is 0 Å². The summed E-state index contributed by atoms with van der Waals surface area (Å²) in [7, 11) is 1.63. The van der Waals surface area contributed by atoms with Crippen LogP contribution in [0.3, 0.4) is 0 Å². The molecule has 0 radical (unpaired) electrons. The van der Waals surface area contributed by atoms with E-state index in [1.807, 2.05) is 31.2 Å². The third-order valence-electron chi connectivity index (χ3n) is 1.85. The first-order chi connectivity index (χ1) is 6.63. The lowest BCUT2D eigenvalue weighted by atomic mass is 10.2. The number of amides is 1. The normalized spacial score (nSPS) is 11.9. The molecular formula is C10H13BrN2O. The second-order valence-corrected chi connectivity index (χ2v) is 3.91. The number of rotatable bonds is 3. The summed E-state index contributed by atoms with van der Waals surface area (Å²) in [4.78, 5) is 11.2. The maximum absolute atomic E-state index is 11.2. The Morgan fingerprint density at radius 1 is 1.50 bits per heavy atom. The molecule has 0 fully saturated rings. The van der Waals surface area contributed by atoms with Crippen molar-refractivity contribution in [1.82, 2.24) is 5.32 Å². The average molecular weight is 257 g/mol. The van der Waals surface area contributed by atoms with Gasteiger partial charge < -0.3 is 10.6 Å². The fourth-order valence-corrected chi connectivity index (χ4v) is 1.51. The molecule has 0 saturated heterocycles. The summed E-state index contributed by atoms with van der Waals surface area (Å²) in [5.41, 5.74) is 0.926. The van der Waals surface area contributed by atoms with Gasteiger partial charge in [0.15, 0.2) is 0 Å². The standard InChI is InChI=1S/C10H13BrN2O/c1-7(10(14)12-2)13-9-5-3-4-8(11)6-9/h3-7,13H,1-2H3,(H,12,14). The SMILES string of the molecule is CNC(=O)C(C)Nc1cccc(Br)c1. The van der Waals surface area contributed by atoms with Crippen LogP contribution in [-0.4, -0.2) is 19.0 Å². The third kappa shape index (κ3) is 3.03. The Balaban J connectivity index is 2.64. The molecule has 0 bridgehead atoms. The highest BCUT2D eigenvalue weighted by Gasteiger charge is 2.09. The summed E-state index contributed by atoms with van der Waals surface area (Å²) in [6, 6.07) is 7.48. The Morgan fingerprint density at radius 3 is 2.79 bits per heavy atom. The molecule has 0 aliphatic heterocycles. The van der Waals surface area contributed by atoms with Crippen LogP contribution in [0.4, 0.5) is 5.69 Å². The highest BCUT2D eigenvalue weighted by atomic mass is 79.9. The molecule has 1 unspecified atom stereocenters. The molecule has 0 aromatic heterocycles. The lowest BCUT2D eigenvalue weighted by Crippen LogP contribution is -2.35. The van der Waals surface area contributed by atoms with E-state index in [1.54, 1.807) is 7.05 Å². The minimum atomic E-state index is -0.228. The molecule has 1 atom stereocenters. The summed E-state index contributed by atoms with van der Waals surface area (Å²) in [5.74, 6) is -0.0232. The lowest BCUT2D eigenvalue weighted by Gasteiger charge is -2.13. The maximum atomic E-state index is 11.2. The van der Waals surface area contributed by atoms with Gasteiger partial charge >= 0.3 is 0 Å². The van der Waals surface area contributed by atoms with Gasteiger partial charge in [-0.3, -0.25) is 4.79 Å². The molecule has 1 rings (SSSR count). The van der Waals surface area contributed by atoms with Crippen molar-refractivity contribution in [3.05, 3.63) is 28.7 Å². The molecule has 4 heteroatoms. The van der Waals surface area contributed by atoms with Gasteiger partial charge in [-0.05, 0) is 25.1 Å². The smallest absolute Gasteiger partial charge is 0.241 e. The molecule has 0 aliphatic carbocycles. The topological polar surface area (TPSA) is 41.1 Å². The predicted octanol–water partition coefficient (Wildman–Crippen LogP) is 2.00. The van der Waals surface area contributed by atoms with Crippen LogP contribution >= 0.6 is 15.9 Å². The van der Waals surface area contributed by atoms with Crippen LogP contribution in [0, 0.1) is 0 Å². The van der Waals surface area contributed by atoms with Gasteiger partial charge in [0, 0.05) is 17.2 Å². The van der Waals surface area contributed by atoms with Gasteiger partial charge in [0.05, 0.1) is 0 Å². The highest BCUT2D eigenvalue weighted by molar-refractivity contribution is 9.10. The molecular weight excluding hydrogens is 244 g/mol. The third-order valence-corrected chi connectivity index (χ3v) is 2.34. The van der Waals surface area contributed by atoms with Crippen LogP contribution in [0.1, 0.15) is 6.92 Å². The number of hydrogen-bond donors (Lipinski definition) is 2. The Morgan fingerprint density at radius 2 is 2.21 bits per heavy atom. The quantitative estimate of drug-likeness (QED) is 0.869. The molecule has 3 nitrogen and oxygen atoms in total. The van der Waals surface area contributed by atoms with E-state index < -0.39 is 0 Å². The fraction of sp³-hybridized carbons (Fsp3) is 0.300. The summed E-state index contributed by atoms with van der Waals surface area (Å²) in [5, 5.41) is 5.68. The van der Waals surface area contributed by atoms with E-state index in [-0.39, 0.29) is 11.9 Å². The molecule has 76 valence electrons. The van der Waals surface area contributed by atoms with Crippen LogP contribution in [0.5, 0.6) is 0 Å². The molecule has 1 aromatic carbocycles. The number of likely N-dealkylation sites (N-methyl/N-ethyl adjacent to an activating group) is 1. The second-order valence-electron chi connectivity index (χ2n) is 2.99. The molecule has 0 spiro atoms. The van der Waals surface area contributed by atoms with E-state index in [9.17, 15) is 4.79 Å². The van der Waals surface area contributed by atoms with Crippen molar-refractivity contribution in [2.75, 3.05) is 12.4 Å². The van der Waals surface area contributed by atoms with Crippen molar-refractivity contribution in [2.45, 2.75) is 13.0 Å². The zero-order chi connectivity index (χ0) is 10.6. The Hall–Kier alpha value is -1.03. The second kappa shape index (κ2) is 5.00. The van der Waals surface area contributed by atoms with E-state index >= 15 is 0 Å². The lowest BCUT2D eigenvalue weighted by molar-refractivity contribution is -0.121. The van der Waals surface area contributed by atoms with Crippen LogP contribution in [0.25, 0.3) is 0 Å². The van der Waals surface area contributed by atoms with Crippen molar-refractivity contribution in [1.29, 1.82) is 0 Å². The van der Waals surface area contributed by atoms with Crippen LogP contribution in [0.15, 0.2) is 28.7 Å². The first-order valence-electron chi connectivity index (χ1n) is 4.37. The van der Waals surface area contributed by atoms with E-state index in [4.69, 9.17) is 0 Å². The van der Waals surface area contributed by atoms with Crippen molar-refractivity contribution in [3.63, 3.8) is 0 Å². The van der Waals surface area contributed by atoms with E-state index in [1.165, 1.54) is 0 Å². The number of benzene rings is 1. The van der Waals surface area contributed by atoms with Crippen LogP contribution < -0.4 is 10.6 Å². The minimum Gasteiger partial charge on any atom is -0.374 e. The average Bonchev–Trinajstić information content (AvgIpc) is 2.16. The number of anilines is 1. The highest BCUT2D eigenvalue weighted by Crippen LogP contribution is 2.16. The first-order valence-corrected chi connectivity index (χ1v) is 5.16. The summed E-state index contributed by atoms with van der Waals surface area (Å²) in [6.07, 6.45) is 0. The Kier molecular flexibility index (Phi) is 3.95. The minimum absolute atomic E-state index is 0.0232. The number of halogens is 1. The molecule has 14 heavy (non-hydrogen) atoms. The zero-order valence-corrected chi connectivity index (χ0v) is 9.76. The summed E-state index contributed by atoms with van der Waals surface area (Å²) in [6.45, 7) is 1.82. The van der Waals surface area contributed by atoms with Crippen LogP contribution in [-0.2, 0) is 4.79 Å². The summed E-state index contributed by atoms with van der Waals surface area (Å²) < 4.78 is 0.992. The van der Waals surface area contributed by atoms with Crippen molar-refractivity contribution in [2.24, 2.45) is 0 Å². The summed E-state index contributed by atoms with van der Waals surface area (Å²) >= 11 is 3.37. The number of carbonyl (C=O) groups excluding carboxylic acids is 1. The number of nitrogens with one attached hydrogen (secondary N) is 2. The van der Waals surface area contributed by atoms with Gasteiger partial charge in [-0.25, -0.2) is 0 Å². The maximum Gasteiger partial charge on any atom is 0.241 e. The zero-order valence-electron chi connectivity index (χ0n) is 8.17. The molecule has 0 aliphatic rings. The van der Waals surface area contributed by atoms with E-state index in [2.05, 4.69) is 26.6 Å². The van der Waals surface area contributed by atoms with Crippen LogP contribution in [0.2, 0.25) is 0 Å². The van der Waals surface area contributed by atoms with Gasteiger partial charge in [-0.2, -0.15) is 0 Å². The number of hydrogen-bond acceptors (Lipinski definition) is 2. The van der Waals surface area contributed by atoms with Gasteiger partial charge in [0.2, 0.25) is 5.91 Å². The van der Waals surface area contributed by atoms with Crippen molar-refractivity contribution < 1.29 is 4.79 Å². The molecule has 0 heterocycles. The molecule has 0 saturated carbocycles. The molecule has 2 N–H and O–H groups in total. The monoisotopic (exact) mass is 256 g/mol. The Labute approximate surface area is 92.0 Å². The predicted molar refractivity (Wildman–Crippen MR) is 61.3 cm³/mol. The van der Waals surface area contributed by atoms with Gasteiger partial charge in [0.1, 0.15) is 6.04 Å². The van der Waals surface area contributed by atoms with Gasteiger partial charge in [-0.1, -0.05) is 22.0 Å². The van der Waals surface area contributed by atoms with E-state index in [0.29, 0.717) is 0 Å². The van der Waals surface area contributed by atoms with E-state index in [0.717, 1.165) is 10.2 Å². The fourth-order valence-electron chi connectivity index (χ4n) is 1.11.